The molecule has 64 valence electrons. The maximum Gasteiger partial charge on any atom is 0.0277 e. The lowest BCUT2D eigenvalue weighted by Crippen LogP contribution is -1.80. The summed E-state index contributed by atoms with van der Waals surface area (Å²) < 4.78 is 0. The molecule has 0 unspecified atom stereocenters. The molecule has 0 aromatic rings. The number of hydrogen-bond acceptors (Lipinski definition) is 1. The van der Waals surface area contributed by atoms with Crippen LogP contribution in [-0.4, -0.2) is 13.3 Å². The number of hydrogen-bond donors (Lipinski definition) is 0. The molecular formula is C10H19N. The number of nitrogens with zero attached hydrogens (tertiary/aromatic N) is 1. The smallest absolute Gasteiger partial charge is 0.0277 e. The molecule has 0 saturated heterocycles. The van der Waals surface area contributed by atoms with Crippen LogP contribution in [0.2, 0.25) is 0 Å². The van der Waals surface area contributed by atoms with Crippen LogP contribution >= 0.6 is 0 Å². The molecule has 0 amide bonds. The molecule has 1 heteroatoms. The van der Waals surface area contributed by atoms with Gasteiger partial charge in [0.25, 0.3) is 0 Å². The van der Waals surface area contributed by atoms with E-state index in [1.54, 1.807) is 7.05 Å². The first-order valence-corrected chi connectivity index (χ1v) is 3.94. The summed E-state index contributed by atoms with van der Waals surface area (Å²) in [6, 6.07) is 0. The predicted octanol–water partition coefficient (Wildman–Crippen LogP) is 3.24. The molecule has 0 atom stereocenters. The van der Waals surface area contributed by atoms with Crippen LogP contribution in [0.5, 0.6) is 0 Å². The molecule has 0 N–H and O–H groups in total. The minimum Gasteiger partial charge on any atom is -0.296 e. The van der Waals surface area contributed by atoms with Gasteiger partial charge < -0.3 is 0 Å². The fraction of sp³-hybridized carbons (Fsp3) is 0.500. The highest BCUT2D eigenvalue weighted by molar-refractivity contribution is 5.79. The van der Waals surface area contributed by atoms with Crippen molar-refractivity contribution in [2.45, 2.75) is 27.7 Å². The molecule has 0 aliphatic carbocycles. The maximum absolute atomic E-state index is 3.87. The van der Waals surface area contributed by atoms with Gasteiger partial charge in [0.15, 0.2) is 0 Å². The van der Waals surface area contributed by atoms with Gasteiger partial charge in [-0.05, 0) is 25.0 Å². The quantitative estimate of drug-likeness (QED) is 0.426. The van der Waals surface area contributed by atoms with E-state index in [9.17, 15) is 0 Å². The summed E-state index contributed by atoms with van der Waals surface area (Å²) in [6.07, 6.45) is 3.66. The first kappa shape index (κ1) is 12.8. The van der Waals surface area contributed by atoms with E-state index >= 15 is 0 Å². The third kappa shape index (κ3) is 7.04. The summed E-state index contributed by atoms with van der Waals surface area (Å²) in [5.41, 5.74) is 2.35. The Labute approximate surface area is 70.5 Å². The van der Waals surface area contributed by atoms with Crippen LogP contribution in [0, 0.1) is 0 Å². The monoisotopic (exact) mass is 153 g/mol. The van der Waals surface area contributed by atoms with E-state index in [1.807, 2.05) is 40.0 Å². The predicted molar refractivity (Wildman–Crippen MR) is 54.3 cm³/mol. The van der Waals surface area contributed by atoms with Crippen molar-refractivity contribution in [1.82, 2.24) is 0 Å². The van der Waals surface area contributed by atoms with Gasteiger partial charge in [-0.15, -0.1) is 0 Å². The van der Waals surface area contributed by atoms with Crippen molar-refractivity contribution in [2.75, 3.05) is 7.05 Å². The summed E-state index contributed by atoms with van der Waals surface area (Å²) in [5, 5.41) is 0. The normalized spacial score (nSPS) is 11.7. The Kier molecular flexibility index (Phi) is 10.6. The highest BCUT2D eigenvalue weighted by atomic mass is 14.6. The highest BCUT2D eigenvalue weighted by Crippen LogP contribution is 1.99. The molecule has 0 spiro atoms. The summed E-state index contributed by atoms with van der Waals surface area (Å²) in [7, 11) is 1.76. The number of allylic oxidation sites excluding steroid dienone is 3. The van der Waals surface area contributed by atoms with E-state index in [-0.39, 0.29) is 0 Å². The van der Waals surface area contributed by atoms with Crippen LogP contribution in [0.15, 0.2) is 28.8 Å². The Hall–Kier alpha value is -0.850. The fourth-order valence-corrected chi connectivity index (χ4v) is 0.456. The molecule has 0 aliphatic rings. The second-order valence-corrected chi connectivity index (χ2v) is 1.96. The molecule has 0 aliphatic heterocycles. The lowest BCUT2D eigenvalue weighted by atomic mass is 10.2. The van der Waals surface area contributed by atoms with Crippen molar-refractivity contribution in [1.29, 1.82) is 0 Å². The highest BCUT2D eigenvalue weighted by Gasteiger charge is 1.84. The van der Waals surface area contributed by atoms with Crippen LogP contribution < -0.4 is 0 Å². The molecule has 11 heavy (non-hydrogen) atoms. The SMILES string of the molecule is C=C/C(C)=C(/C)C=NC.CC. The molecule has 1 nitrogen and oxygen atoms in total. The Balaban J connectivity index is 0. The maximum atomic E-state index is 3.87. The van der Waals surface area contributed by atoms with Crippen LogP contribution in [0.3, 0.4) is 0 Å². The van der Waals surface area contributed by atoms with Crippen molar-refractivity contribution < 1.29 is 0 Å². The molecule has 0 aromatic heterocycles. The Morgan fingerprint density at radius 1 is 1.18 bits per heavy atom. The fourth-order valence-electron chi connectivity index (χ4n) is 0.456. The second-order valence-electron chi connectivity index (χ2n) is 1.96. The largest absolute Gasteiger partial charge is 0.296 e. The average molecular weight is 153 g/mol. The zero-order valence-electron chi connectivity index (χ0n) is 8.31. The average Bonchev–Trinajstić information content (AvgIpc) is 2.07. The minimum absolute atomic E-state index is 1.17. The van der Waals surface area contributed by atoms with E-state index in [0.717, 1.165) is 0 Å². The van der Waals surface area contributed by atoms with Crippen molar-refractivity contribution in [3.8, 4) is 0 Å². The van der Waals surface area contributed by atoms with Gasteiger partial charge in [0.1, 0.15) is 0 Å². The number of rotatable bonds is 2. The van der Waals surface area contributed by atoms with Gasteiger partial charge in [0.05, 0.1) is 0 Å². The molecule has 0 aromatic carbocycles. The van der Waals surface area contributed by atoms with Gasteiger partial charge in [-0.25, -0.2) is 0 Å². The van der Waals surface area contributed by atoms with E-state index in [2.05, 4.69) is 11.6 Å². The third-order valence-electron chi connectivity index (χ3n) is 1.25. The Morgan fingerprint density at radius 2 is 1.64 bits per heavy atom. The molecule has 0 fully saturated rings. The first-order chi connectivity index (χ1) is 5.22. The van der Waals surface area contributed by atoms with Crippen LogP contribution in [0.25, 0.3) is 0 Å². The van der Waals surface area contributed by atoms with Gasteiger partial charge in [-0.2, -0.15) is 0 Å². The summed E-state index contributed by atoms with van der Waals surface area (Å²) in [4.78, 5) is 3.87. The topological polar surface area (TPSA) is 12.4 Å². The Bertz CT molecular complexity index is 152. The zero-order chi connectivity index (χ0) is 9.28. The van der Waals surface area contributed by atoms with Crippen molar-refractivity contribution >= 4 is 6.21 Å². The van der Waals surface area contributed by atoms with Crippen LogP contribution in [-0.2, 0) is 0 Å². The van der Waals surface area contributed by atoms with Gasteiger partial charge in [0.2, 0.25) is 0 Å². The Morgan fingerprint density at radius 3 is 1.91 bits per heavy atom. The first-order valence-electron chi connectivity index (χ1n) is 3.94. The van der Waals surface area contributed by atoms with Crippen molar-refractivity contribution in [2.24, 2.45) is 4.99 Å². The van der Waals surface area contributed by atoms with Crippen molar-refractivity contribution in [3.05, 3.63) is 23.8 Å². The van der Waals surface area contributed by atoms with Gasteiger partial charge in [-0.1, -0.05) is 26.5 Å². The van der Waals surface area contributed by atoms with Crippen LogP contribution in [0.1, 0.15) is 27.7 Å². The lowest BCUT2D eigenvalue weighted by Gasteiger charge is -1.92. The van der Waals surface area contributed by atoms with Gasteiger partial charge >= 0.3 is 0 Å². The molecule has 0 heterocycles. The van der Waals surface area contributed by atoms with Crippen LogP contribution in [0.4, 0.5) is 0 Å². The number of aliphatic imine (C=N–C) groups is 1. The second kappa shape index (κ2) is 9.15. The zero-order valence-corrected chi connectivity index (χ0v) is 8.31. The molecule has 0 radical (unpaired) electrons. The lowest BCUT2D eigenvalue weighted by molar-refractivity contribution is 1.39. The standard InChI is InChI=1S/C8H13N.C2H6/c1-5-7(2)8(3)6-9-4;1-2/h5-6H,1H2,2-4H3;1-2H3/b8-7-,9-6?;. The van der Waals surface area contributed by atoms with E-state index in [4.69, 9.17) is 0 Å². The molecular weight excluding hydrogens is 134 g/mol. The van der Waals surface area contributed by atoms with Gasteiger partial charge in [-0.3, -0.25) is 4.99 Å². The van der Waals surface area contributed by atoms with E-state index in [0.29, 0.717) is 0 Å². The summed E-state index contributed by atoms with van der Waals surface area (Å²) in [6.45, 7) is 11.7. The van der Waals surface area contributed by atoms with Gasteiger partial charge in [0, 0.05) is 13.3 Å². The third-order valence-corrected chi connectivity index (χ3v) is 1.25. The molecule has 0 bridgehead atoms. The molecule has 0 saturated carbocycles. The molecule has 0 rings (SSSR count). The van der Waals surface area contributed by atoms with E-state index < -0.39 is 0 Å². The van der Waals surface area contributed by atoms with E-state index in [1.165, 1.54) is 11.1 Å². The van der Waals surface area contributed by atoms with Crippen molar-refractivity contribution in [3.63, 3.8) is 0 Å². The summed E-state index contributed by atoms with van der Waals surface area (Å²) >= 11 is 0. The summed E-state index contributed by atoms with van der Waals surface area (Å²) in [5.74, 6) is 0. The minimum atomic E-state index is 1.17.